The SMILES string of the molecule is Cc1ccc2ccn(CC(=O)c3ccc(C)c(C)c3)c2c1. The Hall–Kier alpha value is -2.35. The Bertz CT molecular complexity index is 827. The standard InChI is InChI=1S/C19H19NO/c1-13-4-6-16-8-9-20(18(16)10-13)12-19(21)17-7-5-14(2)15(3)11-17/h4-11H,12H2,1-3H3. The third-order valence-corrected chi connectivity index (χ3v) is 4.07. The van der Waals surface area contributed by atoms with Crippen LogP contribution in [-0.4, -0.2) is 10.4 Å². The third kappa shape index (κ3) is 2.62. The van der Waals surface area contributed by atoms with Gasteiger partial charge in [-0.3, -0.25) is 4.79 Å². The number of carbonyl (C=O) groups is 1. The van der Waals surface area contributed by atoms with Crippen LogP contribution in [-0.2, 0) is 6.54 Å². The molecule has 2 nitrogen and oxygen atoms in total. The van der Waals surface area contributed by atoms with Crippen LogP contribution in [0.25, 0.3) is 10.9 Å². The Morgan fingerprint density at radius 3 is 2.52 bits per heavy atom. The highest BCUT2D eigenvalue weighted by Crippen LogP contribution is 2.18. The fourth-order valence-corrected chi connectivity index (χ4v) is 2.59. The first kappa shape index (κ1) is 13.6. The Labute approximate surface area is 125 Å². The largest absolute Gasteiger partial charge is 0.340 e. The van der Waals surface area contributed by atoms with Crippen LogP contribution in [0.15, 0.2) is 48.7 Å². The Kier molecular flexibility index (Phi) is 3.38. The van der Waals surface area contributed by atoms with E-state index in [1.165, 1.54) is 16.5 Å². The molecule has 0 unspecified atom stereocenters. The monoisotopic (exact) mass is 277 g/mol. The van der Waals surface area contributed by atoms with Gasteiger partial charge < -0.3 is 4.57 Å². The minimum atomic E-state index is 0.150. The number of aromatic nitrogens is 1. The van der Waals surface area contributed by atoms with Gasteiger partial charge in [-0.05, 0) is 61.0 Å². The van der Waals surface area contributed by atoms with Crippen molar-refractivity contribution < 1.29 is 4.79 Å². The van der Waals surface area contributed by atoms with Gasteiger partial charge >= 0.3 is 0 Å². The van der Waals surface area contributed by atoms with Gasteiger partial charge in [-0.25, -0.2) is 0 Å². The summed E-state index contributed by atoms with van der Waals surface area (Å²) in [7, 11) is 0. The highest BCUT2D eigenvalue weighted by atomic mass is 16.1. The van der Waals surface area contributed by atoms with Gasteiger partial charge in [0.2, 0.25) is 0 Å². The second-order valence-corrected chi connectivity index (χ2v) is 5.73. The van der Waals surface area contributed by atoms with Gasteiger partial charge in [0.25, 0.3) is 0 Å². The average molecular weight is 277 g/mol. The van der Waals surface area contributed by atoms with Crippen molar-refractivity contribution >= 4 is 16.7 Å². The van der Waals surface area contributed by atoms with Crippen LogP contribution in [0, 0.1) is 20.8 Å². The quantitative estimate of drug-likeness (QED) is 0.648. The summed E-state index contributed by atoms with van der Waals surface area (Å²) in [4.78, 5) is 12.5. The molecule has 2 aromatic carbocycles. The summed E-state index contributed by atoms with van der Waals surface area (Å²) in [5.74, 6) is 0.150. The van der Waals surface area contributed by atoms with Crippen molar-refractivity contribution in [2.75, 3.05) is 0 Å². The van der Waals surface area contributed by atoms with Crippen molar-refractivity contribution in [2.45, 2.75) is 27.3 Å². The van der Waals surface area contributed by atoms with Gasteiger partial charge in [0.05, 0.1) is 6.54 Å². The second-order valence-electron chi connectivity index (χ2n) is 5.73. The number of ketones is 1. The van der Waals surface area contributed by atoms with Gasteiger partial charge in [-0.1, -0.05) is 24.3 Å². The minimum Gasteiger partial charge on any atom is -0.340 e. The Morgan fingerprint density at radius 2 is 1.76 bits per heavy atom. The summed E-state index contributed by atoms with van der Waals surface area (Å²) in [6, 6.07) is 14.3. The molecule has 2 heteroatoms. The maximum absolute atomic E-state index is 12.5. The molecule has 0 saturated heterocycles. The van der Waals surface area contributed by atoms with E-state index in [1.807, 2.05) is 35.9 Å². The zero-order valence-corrected chi connectivity index (χ0v) is 12.7. The van der Waals surface area contributed by atoms with Crippen molar-refractivity contribution in [3.8, 4) is 0 Å². The molecule has 0 spiro atoms. The molecule has 0 aliphatic carbocycles. The van der Waals surface area contributed by atoms with Crippen LogP contribution in [0.4, 0.5) is 0 Å². The molecule has 1 aromatic heterocycles. The van der Waals surface area contributed by atoms with Crippen LogP contribution in [0.3, 0.4) is 0 Å². The molecule has 0 N–H and O–H groups in total. The zero-order chi connectivity index (χ0) is 15.0. The lowest BCUT2D eigenvalue weighted by molar-refractivity contribution is 0.0973. The number of rotatable bonds is 3. The maximum Gasteiger partial charge on any atom is 0.182 e. The molecular formula is C19H19NO. The number of hydrogen-bond donors (Lipinski definition) is 0. The van der Waals surface area contributed by atoms with E-state index < -0.39 is 0 Å². The number of fused-ring (bicyclic) bond motifs is 1. The van der Waals surface area contributed by atoms with Crippen molar-refractivity contribution in [2.24, 2.45) is 0 Å². The molecule has 3 aromatic rings. The molecule has 0 fully saturated rings. The van der Waals surface area contributed by atoms with Gasteiger partial charge in [0, 0.05) is 17.3 Å². The molecule has 0 atom stereocenters. The first-order valence-electron chi connectivity index (χ1n) is 7.20. The number of carbonyl (C=O) groups excluding carboxylic acids is 1. The third-order valence-electron chi connectivity index (χ3n) is 4.07. The summed E-state index contributed by atoms with van der Waals surface area (Å²) in [5.41, 5.74) is 5.49. The van der Waals surface area contributed by atoms with E-state index in [-0.39, 0.29) is 5.78 Å². The van der Waals surface area contributed by atoms with Gasteiger partial charge in [0.15, 0.2) is 5.78 Å². The van der Waals surface area contributed by atoms with E-state index in [2.05, 4.69) is 38.1 Å². The molecule has 0 aliphatic heterocycles. The fraction of sp³-hybridized carbons (Fsp3) is 0.211. The summed E-state index contributed by atoms with van der Waals surface area (Å²) < 4.78 is 2.03. The molecule has 0 amide bonds. The summed E-state index contributed by atoms with van der Waals surface area (Å²) in [5, 5.41) is 1.17. The number of benzene rings is 2. The normalized spacial score (nSPS) is 11.0. The van der Waals surface area contributed by atoms with Gasteiger partial charge in [-0.2, -0.15) is 0 Å². The lowest BCUT2D eigenvalue weighted by Gasteiger charge is -2.07. The Morgan fingerprint density at radius 1 is 0.952 bits per heavy atom. The van der Waals surface area contributed by atoms with Crippen LogP contribution < -0.4 is 0 Å². The van der Waals surface area contributed by atoms with E-state index in [0.29, 0.717) is 6.54 Å². The van der Waals surface area contributed by atoms with Gasteiger partial charge in [0.1, 0.15) is 0 Å². The summed E-state index contributed by atoms with van der Waals surface area (Å²) in [6.07, 6.45) is 1.99. The van der Waals surface area contributed by atoms with Crippen molar-refractivity contribution in [1.82, 2.24) is 4.57 Å². The minimum absolute atomic E-state index is 0.150. The first-order valence-corrected chi connectivity index (χ1v) is 7.20. The zero-order valence-electron chi connectivity index (χ0n) is 12.7. The van der Waals surface area contributed by atoms with E-state index in [9.17, 15) is 4.79 Å². The van der Waals surface area contributed by atoms with Crippen LogP contribution in [0.5, 0.6) is 0 Å². The maximum atomic E-state index is 12.5. The number of aryl methyl sites for hydroxylation is 3. The number of hydrogen-bond acceptors (Lipinski definition) is 1. The molecule has 1 heterocycles. The van der Waals surface area contributed by atoms with Crippen LogP contribution >= 0.6 is 0 Å². The number of nitrogens with zero attached hydrogens (tertiary/aromatic N) is 1. The van der Waals surface area contributed by atoms with Crippen molar-refractivity contribution in [1.29, 1.82) is 0 Å². The molecule has 0 saturated carbocycles. The van der Waals surface area contributed by atoms with E-state index in [0.717, 1.165) is 16.6 Å². The van der Waals surface area contributed by atoms with Gasteiger partial charge in [-0.15, -0.1) is 0 Å². The molecule has 0 bridgehead atoms. The molecule has 21 heavy (non-hydrogen) atoms. The molecular weight excluding hydrogens is 258 g/mol. The van der Waals surface area contributed by atoms with Crippen LogP contribution in [0.2, 0.25) is 0 Å². The molecule has 0 aliphatic rings. The topological polar surface area (TPSA) is 22.0 Å². The smallest absolute Gasteiger partial charge is 0.182 e. The molecule has 3 rings (SSSR count). The highest BCUT2D eigenvalue weighted by Gasteiger charge is 2.10. The first-order chi connectivity index (χ1) is 10.0. The summed E-state index contributed by atoms with van der Waals surface area (Å²) >= 11 is 0. The molecule has 106 valence electrons. The summed E-state index contributed by atoms with van der Waals surface area (Å²) in [6.45, 7) is 6.56. The lowest BCUT2D eigenvalue weighted by atomic mass is 10.0. The van der Waals surface area contributed by atoms with E-state index in [1.54, 1.807) is 0 Å². The van der Waals surface area contributed by atoms with Crippen molar-refractivity contribution in [3.05, 3.63) is 70.9 Å². The lowest BCUT2D eigenvalue weighted by Crippen LogP contribution is -2.10. The predicted molar refractivity (Wildman–Crippen MR) is 86.9 cm³/mol. The Balaban J connectivity index is 1.92. The number of Topliss-reactive ketones (excluding diaryl/α,β-unsaturated/α-hetero) is 1. The predicted octanol–water partition coefficient (Wildman–Crippen LogP) is 4.45. The highest BCUT2D eigenvalue weighted by molar-refractivity contribution is 5.97. The van der Waals surface area contributed by atoms with E-state index in [4.69, 9.17) is 0 Å². The van der Waals surface area contributed by atoms with Crippen molar-refractivity contribution in [3.63, 3.8) is 0 Å². The average Bonchev–Trinajstić information content (AvgIpc) is 2.84. The molecule has 0 radical (unpaired) electrons. The second kappa shape index (κ2) is 5.21. The fourth-order valence-electron chi connectivity index (χ4n) is 2.59. The van der Waals surface area contributed by atoms with E-state index >= 15 is 0 Å². The van der Waals surface area contributed by atoms with Crippen LogP contribution in [0.1, 0.15) is 27.0 Å².